The molecule has 8 bridgehead atoms. The van der Waals surface area contributed by atoms with E-state index in [9.17, 15) is 0 Å². The maximum absolute atomic E-state index is 3.87. The Kier molecular flexibility index (Phi) is 8.55. The highest BCUT2D eigenvalue weighted by molar-refractivity contribution is 7.59. The van der Waals surface area contributed by atoms with Gasteiger partial charge in [-0.3, -0.25) is 0 Å². The van der Waals surface area contributed by atoms with E-state index in [1.807, 2.05) is 5.57 Å². The van der Waals surface area contributed by atoms with Crippen LogP contribution in [0.2, 0.25) is 0 Å². The Morgan fingerprint density at radius 1 is 0.588 bits per heavy atom. The van der Waals surface area contributed by atoms with Gasteiger partial charge in [-0.25, -0.2) is 0 Å². The molecule has 0 spiro atoms. The molecule has 2 aromatic rings. The molecule has 2 N–H and O–H groups in total. The Bertz CT molecular complexity index is 1540. The molecule has 2 saturated heterocycles. The predicted octanol–water partition coefficient (Wildman–Crippen LogP) is 10.1. The lowest BCUT2D eigenvalue weighted by atomic mass is 9.55. The van der Waals surface area contributed by atoms with Gasteiger partial charge in [-0.1, -0.05) is 74.7 Å². The molecule has 9 aliphatic carbocycles. The molecule has 270 valence electrons. The highest BCUT2D eigenvalue weighted by Gasteiger charge is 2.58. The van der Waals surface area contributed by atoms with Crippen molar-refractivity contribution in [1.29, 1.82) is 0 Å². The number of nitrogens with one attached hydrogen (secondary N) is 2. The minimum Gasteiger partial charge on any atom is -0.316 e. The summed E-state index contributed by atoms with van der Waals surface area (Å²) in [7, 11) is 3.61. The first-order valence-electron chi connectivity index (χ1n) is 21.6. The number of benzene rings is 2. The highest BCUT2D eigenvalue weighted by Crippen LogP contribution is 2.73. The topological polar surface area (TPSA) is 24.1 Å². The minimum absolute atomic E-state index is 0.106. The Labute approximate surface area is 312 Å². The monoisotopic (exact) mass is 716 g/mol. The van der Waals surface area contributed by atoms with Crippen LogP contribution >= 0.6 is 17.2 Å². The summed E-state index contributed by atoms with van der Waals surface area (Å²) >= 11 is 0. The van der Waals surface area contributed by atoms with Gasteiger partial charge in [0.2, 0.25) is 0 Å². The van der Waals surface area contributed by atoms with Crippen molar-refractivity contribution in [2.45, 2.75) is 93.5 Å². The first-order valence-corrected chi connectivity index (χ1v) is 23.9. The summed E-state index contributed by atoms with van der Waals surface area (Å²) in [4.78, 5) is 0. The molecule has 13 rings (SSSR count). The van der Waals surface area contributed by atoms with E-state index in [0.717, 1.165) is 58.7 Å². The molecule has 2 nitrogen and oxygen atoms in total. The second-order valence-electron chi connectivity index (χ2n) is 19.6. The van der Waals surface area contributed by atoms with E-state index < -0.39 is 0 Å². The van der Waals surface area contributed by atoms with Gasteiger partial charge in [0.25, 0.3) is 0 Å². The fourth-order valence-corrected chi connectivity index (χ4v) is 21.2. The van der Waals surface area contributed by atoms with Gasteiger partial charge in [-0.15, -0.1) is 9.24 Å². The molecule has 0 radical (unpaired) electrons. The third-order valence-electron chi connectivity index (χ3n) is 17.0. The van der Waals surface area contributed by atoms with Crippen LogP contribution in [-0.4, -0.2) is 48.8 Å². The van der Waals surface area contributed by atoms with Crippen LogP contribution in [0.4, 0.5) is 0 Å². The Hall–Kier alpha value is -1.30. The molecular weight excluding hydrogens is 654 g/mol. The van der Waals surface area contributed by atoms with Gasteiger partial charge in [0, 0.05) is 11.1 Å². The van der Waals surface area contributed by atoms with Crippen molar-refractivity contribution in [1.82, 2.24) is 10.6 Å². The van der Waals surface area contributed by atoms with Crippen LogP contribution < -0.4 is 10.6 Å². The maximum atomic E-state index is 3.87. The van der Waals surface area contributed by atoms with Crippen molar-refractivity contribution in [2.24, 2.45) is 65.1 Å². The first-order chi connectivity index (χ1) is 25.1. The number of allylic oxidation sites excluding steroid dienone is 4. The van der Waals surface area contributed by atoms with Crippen LogP contribution in [0, 0.1) is 65.1 Å². The number of rotatable bonds is 9. The van der Waals surface area contributed by atoms with Crippen LogP contribution in [-0.2, 0) is 0 Å². The predicted molar refractivity (Wildman–Crippen MR) is 219 cm³/mol. The zero-order valence-electron chi connectivity index (χ0n) is 30.9. The third-order valence-corrected chi connectivity index (χ3v) is 22.2. The van der Waals surface area contributed by atoms with E-state index in [1.165, 1.54) is 56.3 Å². The highest BCUT2D eigenvalue weighted by atomic mass is 31.1. The molecule has 0 amide bonds. The van der Waals surface area contributed by atoms with E-state index in [4.69, 9.17) is 0 Å². The molecule has 8 saturated carbocycles. The lowest BCUT2D eigenvalue weighted by molar-refractivity contribution is 0.0130. The van der Waals surface area contributed by atoms with Crippen LogP contribution in [0.1, 0.15) is 88.2 Å². The molecule has 2 heterocycles. The van der Waals surface area contributed by atoms with Crippen LogP contribution in [0.3, 0.4) is 0 Å². The number of hydrogen-bond donors (Lipinski definition) is 2. The molecule has 51 heavy (non-hydrogen) atoms. The van der Waals surface area contributed by atoms with E-state index in [-0.39, 0.29) is 13.1 Å². The zero-order valence-corrected chi connectivity index (χ0v) is 33.0. The Morgan fingerprint density at radius 3 is 1.47 bits per heavy atom. The fraction of sp³-hybridized carbons (Fsp3) is 0.660. The lowest BCUT2D eigenvalue weighted by Gasteiger charge is -2.62. The molecular formula is C47H62N2P2. The van der Waals surface area contributed by atoms with Crippen molar-refractivity contribution in [2.75, 3.05) is 32.3 Å². The van der Waals surface area contributed by atoms with Gasteiger partial charge in [0.05, 0.1) is 0 Å². The Morgan fingerprint density at radius 2 is 1.04 bits per heavy atom. The van der Waals surface area contributed by atoms with Gasteiger partial charge in [0.15, 0.2) is 0 Å². The van der Waals surface area contributed by atoms with Crippen molar-refractivity contribution >= 4 is 28.3 Å². The molecule has 4 atom stereocenters. The fourth-order valence-electron chi connectivity index (χ4n) is 15.6. The smallest absolute Gasteiger partial charge is 0.00964 e. The summed E-state index contributed by atoms with van der Waals surface area (Å²) in [5.41, 5.74) is 10.1. The SMILES string of the molecule is PC(C1CCNC1)(C1CCNC1)C1C=C(c2ccccc2)C(c2ccccc2)=C1CP(C1C2CC3CC(C2)CC1C3)C1C2CC3CC(C2)CC1C3. The molecule has 10 fully saturated rings. The standard InChI is InChI=1S/C47H62N2P2/c50-47(39-11-13-48-26-39,40-12-14-49-27-40)43-25-41(33-7-3-1-4-8-33)44(34-9-5-2-6-10-34)42(43)28-51(45-35-17-29-15-30(19-35)20-36(45)18-29)46-37-21-31-16-32(23-37)24-38(46)22-31/h1-10,25,29-32,35-40,43,45-46,48-49H,11-24,26-28,50H2. The van der Waals surface area contributed by atoms with Gasteiger partial charge < -0.3 is 10.6 Å². The van der Waals surface area contributed by atoms with Crippen molar-refractivity contribution in [3.8, 4) is 0 Å². The normalized spacial score (nSPS) is 43.9. The van der Waals surface area contributed by atoms with E-state index in [2.05, 4.69) is 86.6 Å². The molecule has 0 aromatic heterocycles. The summed E-state index contributed by atoms with van der Waals surface area (Å²) in [6.07, 6.45) is 22.8. The summed E-state index contributed by atoms with van der Waals surface area (Å²) in [5.74, 6) is 10.3. The summed E-state index contributed by atoms with van der Waals surface area (Å²) in [6, 6.07) is 23.5. The largest absolute Gasteiger partial charge is 0.316 e. The molecule has 4 heteroatoms. The minimum atomic E-state index is -0.106. The Balaban J connectivity index is 1.10. The number of hydrogen-bond acceptors (Lipinski definition) is 2. The van der Waals surface area contributed by atoms with Gasteiger partial charge in [0.1, 0.15) is 0 Å². The summed E-state index contributed by atoms with van der Waals surface area (Å²) in [6.45, 7) is 4.72. The first kappa shape index (κ1) is 33.1. The van der Waals surface area contributed by atoms with Crippen molar-refractivity contribution in [3.63, 3.8) is 0 Å². The molecule has 2 aromatic carbocycles. The second-order valence-corrected chi connectivity index (χ2v) is 23.1. The van der Waals surface area contributed by atoms with Gasteiger partial charge in [-0.05, 0) is 208 Å². The molecule has 2 aliphatic heterocycles. The molecule has 11 aliphatic rings. The van der Waals surface area contributed by atoms with E-state index in [1.54, 1.807) is 75.4 Å². The zero-order chi connectivity index (χ0) is 33.7. The second kappa shape index (κ2) is 13.2. The van der Waals surface area contributed by atoms with Crippen molar-refractivity contribution in [3.05, 3.63) is 83.4 Å². The van der Waals surface area contributed by atoms with Crippen LogP contribution in [0.5, 0.6) is 0 Å². The molecule has 4 unspecified atom stereocenters. The maximum Gasteiger partial charge on any atom is 0.00964 e. The lowest BCUT2D eigenvalue weighted by Crippen LogP contribution is -2.53. The van der Waals surface area contributed by atoms with Crippen LogP contribution in [0.25, 0.3) is 11.1 Å². The average molecular weight is 717 g/mol. The summed E-state index contributed by atoms with van der Waals surface area (Å²) in [5, 5.41) is 7.92. The van der Waals surface area contributed by atoms with Crippen LogP contribution in [0.15, 0.2) is 72.3 Å². The van der Waals surface area contributed by atoms with E-state index >= 15 is 0 Å². The van der Waals surface area contributed by atoms with Gasteiger partial charge in [-0.2, -0.15) is 0 Å². The third kappa shape index (κ3) is 5.52. The van der Waals surface area contributed by atoms with Crippen molar-refractivity contribution < 1.29 is 0 Å². The summed E-state index contributed by atoms with van der Waals surface area (Å²) < 4.78 is 0. The quantitative estimate of drug-likeness (QED) is 0.253. The van der Waals surface area contributed by atoms with E-state index in [0.29, 0.717) is 17.8 Å². The van der Waals surface area contributed by atoms with Gasteiger partial charge >= 0.3 is 0 Å². The average Bonchev–Trinajstić information content (AvgIpc) is 3.94.